The van der Waals surface area contributed by atoms with Gasteiger partial charge in [-0.3, -0.25) is 0 Å². The highest BCUT2D eigenvalue weighted by Crippen LogP contribution is 2.54. The molecule has 0 aromatic carbocycles. The first kappa shape index (κ1) is 13.1. The van der Waals surface area contributed by atoms with Crippen LogP contribution in [0, 0.1) is 11.8 Å². The molecule has 4 unspecified atom stereocenters. The van der Waals surface area contributed by atoms with Gasteiger partial charge in [0.15, 0.2) is 0 Å². The second-order valence-electron chi connectivity index (χ2n) is 7.91. The van der Waals surface area contributed by atoms with E-state index < -0.39 is 0 Å². The van der Waals surface area contributed by atoms with Crippen molar-refractivity contribution in [2.75, 3.05) is 6.54 Å². The monoisotopic (exact) mass is 302 g/mol. The summed E-state index contributed by atoms with van der Waals surface area (Å²) in [7, 11) is 0. The summed E-state index contributed by atoms with van der Waals surface area (Å²) in [4.78, 5) is 6.85. The smallest absolute Gasteiger partial charge is 0.0965 e. The first-order valence-corrected chi connectivity index (χ1v) is 9.91. The van der Waals surface area contributed by atoms with E-state index in [0.717, 1.165) is 23.8 Å². The third-order valence-corrected chi connectivity index (χ3v) is 7.64. The first-order valence-electron chi connectivity index (χ1n) is 9.09. The third kappa shape index (κ3) is 2.37. The van der Waals surface area contributed by atoms with Crippen LogP contribution in [0.1, 0.15) is 78.8 Å². The summed E-state index contributed by atoms with van der Waals surface area (Å²) in [5.74, 6) is 3.55. The molecule has 0 aliphatic heterocycles. The van der Waals surface area contributed by atoms with Crippen molar-refractivity contribution in [3.63, 3.8) is 0 Å². The maximum absolute atomic E-state index is 5.21. The summed E-state index contributed by atoms with van der Waals surface area (Å²) in [6, 6.07) is 0.832. The average Bonchev–Trinajstić information content (AvgIpc) is 2.92. The first-order chi connectivity index (χ1) is 10.4. The summed E-state index contributed by atoms with van der Waals surface area (Å²) < 4.78 is 0. The van der Waals surface area contributed by atoms with Crippen molar-refractivity contribution in [1.29, 1.82) is 0 Å². The molecule has 0 saturated heterocycles. The highest BCUT2D eigenvalue weighted by Gasteiger charge is 2.42. The number of thiazole rings is 1. The number of aryl methyl sites for hydroxylation is 1. The van der Waals surface area contributed by atoms with Crippen LogP contribution in [-0.4, -0.2) is 17.6 Å². The Bertz CT molecular complexity index is 533. The predicted octanol–water partition coefficient (Wildman–Crippen LogP) is 4.22. The number of nitrogens with zero attached hydrogens (tertiary/aromatic N) is 1. The lowest BCUT2D eigenvalue weighted by Gasteiger charge is -2.21. The summed E-state index contributed by atoms with van der Waals surface area (Å²) in [6.45, 7) is 1.18. The molecule has 5 rings (SSSR count). The summed E-state index contributed by atoms with van der Waals surface area (Å²) >= 11 is 2.09. The number of rotatable bonds is 4. The van der Waals surface area contributed by atoms with Crippen LogP contribution in [-0.2, 0) is 6.42 Å². The maximum Gasteiger partial charge on any atom is 0.0965 e. The molecular weight excluding hydrogens is 276 g/mol. The lowest BCUT2D eigenvalue weighted by molar-refractivity contribution is 0.417. The minimum Gasteiger partial charge on any atom is -0.313 e. The molecule has 3 fully saturated rings. The molecule has 2 nitrogen and oxygen atoms in total. The van der Waals surface area contributed by atoms with Crippen molar-refractivity contribution >= 4 is 11.3 Å². The number of fused-ring (bicyclic) bond motifs is 3. The topological polar surface area (TPSA) is 24.9 Å². The van der Waals surface area contributed by atoms with E-state index in [9.17, 15) is 0 Å². The van der Waals surface area contributed by atoms with Crippen molar-refractivity contribution in [3.8, 4) is 0 Å². The Labute approximate surface area is 131 Å². The van der Waals surface area contributed by atoms with E-state index in [1.807, 2.05) is 0 Å². The van der Waals surface area contributed by atoms with Crippen molar-refractivity contribution in [3.05, 3.63) is 15.6 Å². The van der Waals surface area contributed by atoms with Gasteiger partial charge in [-0.25, -0.2) is 4.98 Å². The van der Waals surface area contributed by atoms with Gasteiger partial charge in [0.25, 0.3) is 0 Å². The molecule has 114 valence electrons. The second-order valence-corrected chi connectivity index (χ2v) is 9.03. The molecule has 21 heavy (non-hydrogen) atoms. The van der Waals surface area contributed by atoms with Crippen LogP contribution in [0.15, 0.2) is 0 Å². The fraction of sp³-hybridized carbons (Fsp3) is 0.833. The number of nitrogens with one attached hydrogen (secondary N) is 1. The van der Waals surface area contributed by atoms with Crippen LogP contribution >= 0.6 is 11.3 Å². The van der Waals surface area contributed by atoms with E-state index in [1.165, 1.54) is 75.0 Å². The minimum atomic E-state index is 0.706. The molecule has 0 amide bonds. The zero-order chi connectivity index (χ0) is 13.8. The van der Waals surface area contributed by atoms with Gasteiger partial charge >= 0.3 is 0 Å². The van der Waals surface area contributed by atoms with Gasteiger partial charge in [-0.1, -0.05) is 6.42 Å². The molecule has 2 bridgehead atoms. The molecule has 4 aliphatic rings. The standard InChI is InChI=1S/C18H26N2S/c1-2-13(10-19-14-6-7-14)17-16(3-1)21-18(20-17)15-9-11-4-5-12(15)8-11/h11-15,19H,1-10H2. The van der Waals surface area contributed by atoms with Crippen LogP contribution in [0.5, 0.6) is 0 Å². The van der Waals surface area contributed by atoms with E-state index in [1.54, 1.807) is 4.88 Å². The molecule has 1 aromatic rings. The molecule has 4 atom stereocenters. The van der Waals surface area contributed by atoms with Crippen LogP contribution in [0.4, 0.5) is 0 Å². The molecular formula is C18H26N2S. The lowest BCUT2D eigenvalue weighted by Crippen LogP contribution is -2.26. The lowest BCUT2D eigenvalue weighted by atomic mass is 9.88. The van der Waals surface area contributed by atoms with Crippen molar-refractivity contribution in [1.82, 2.24) is 10.3 Å². The summed E-state index contributed by atoms with van der Waals surface area (Å²) in [5.41, 5.74) is 1.50. The van der Waals surface area contributed by atoms with E-state index in [4.69, 9.17) is 4.98 Å². The van der Waals surface area contributed by atoms with Crippen molar-refractivity contribution in [2.45, 2.75) is 75.7 Å². The van der Waals surface area contributed by atoms with Gasteiger partial charge in [-0.2, -0.15) is 0 Å². The maximum atomic E-state index is 5.21. The molecule has 0 spiro atoms. The van der Waals surface area contributed by atoms with Gasteiger partial charge in [0.1, 0.15) is 0 Å². The van der Waals surface area contributed by atoms with Gasteiger partial charge in [0, 0.05) is 29.3 Å². The van der Waals surface area contributed by atoms with E-state index in [2.05, 4.69) is 16.7 Å². The fourth-order valence-electron chi connectivity index (χ4n) is 5.03. The Kier molecular flexibility index (Phi) is 3.15. The number of aromatic nitrogens is 1. The van der Waals surface area contributed by atoms with Crippen molar-refractivity contribution in [2.24, 2.45) is 11.8 Å². The fourth-order valence-corrected chi connectivity index (χ4v) is 6.43. The van der Waals surface area contributed by atoms with Gasteiger partial charge in [-0.05, 0) is 63.2 Å². The number of hydrogen-bond acceptors (Lipinski definition) is 3. The molecule has 3 saturated carbocycles. The third-order valence-electron chi connectivity index (χ3n) is 6.37. The zero-order valence-corrected chi connectivity index (χ0v) is 13.6. The normalized spacial score (nSPS) is 37.9. The predicted molar refractivity (Wildman–Crippen MR) is 87.0 cm³/mol. The largest absolute Gasteiger partial charge is 0.313 e. The molecule has 1 N–H and O–H groups in total. The zero-order valence-electron chi connectivity index (χ0n) is 12.8. The molecule has 1 aromatic heterocycles. The number of hydrogen-bond donors (Lipinski definition) is 1. The SMILES string of the molecule is C1Cc2sc(C3CC4CCC3C4)nc2C(CNC2CC2)C1. The van der Waals surface area contributed by atoms with Gasteiger partial charge < -0.3 is 5.32 Å². The molecule has 0 radical (unpaired) electrons. The minimum absolute atomic E-state index is 0.706. The Balaban J connectivity index is 1.37. The highest BCUT2D eigenvalue weighted by atomic mass is 32.1. The van der Waals surface area contributed by atoms with Gasteiger partial charge in [-0.15, -0.1) is 11.3 Å². The Morgan fingerprint density at radius 2 is 2.05 bits per heavy atom. The Morgan fingerprint density at radius 3 is 2.81 bits per heavy atom. The van der Waals surface area contributed by atoms with Crippen LogP contribution in [0.25, 0.3) is 0 Å². The van der Waals surface area contributed by atoms with Crippen LogP contribution in [0.2, 0.25) is 0 Å². The van der Waals surface area contributed by atoms with Crippen LogP contribution < -0.4 is 5.32 Å². The van der Waals surface area contributed by atoms with Crippen molar-refractivity contribution < 1.29 is 0 Å². The Morgan fingerprint density at radius 1 is 1.10 bits per heavy atom. The summed E-state index contributed by atoms with van der Waals surface area (Å²) in [5, 5.41) is 5.26. The van der Waals surface area contributed by atoms with Crippen LogP contribution in [0.3, 0.4) is 0 Å². The van der Waals surface area contributed by atoms with E-state index in [-0.39, 0.29) is 0 Å². The average molecular weight is 302 g/mol. The Hall–Kier alpha value is -0.410. The van der Waals surface area contributed by atoms with E-state index in [0.29, 0.717) is 5.92 Å². The highest BCUT2D eigenvalue weighted by molar-refractivity contribution is 7.11. The van der Waals surface area contributed by atoms with Gasteiger partial charge in [0.2, 0.25) is 0 Å². The van der Waals surface area contributed by atoms with E-state index >= 15 is 0 Å². The second kappa shape index (κ2) is 5.06. The summed E-state index contributed by atoms with van der Waals surface area (Å²) in [6.07, 6.45) is 12.7. The molecule has 1 heterocycles. The quantitative estimate of drug-likeness (QED) is 0.901. The molecule has 4 aliphatic carbocycles. The molecule has 3 heteroatoms. The van der Waals surface area contributed by atoms with Gasteiger partial charge in [0.05, 0.1) is 10.7 Å².